The van der Waals surface area contributed by atoms with Gasteiger partial charge in [0, 0.05) is 27.7 Å². The molecule has 0 fully saturated rings. The van der Waals surface area contributed by atoms with Gasteiger partial charge in [0.2, 0.25) is 0 Å². The molecule has 3 nitrogen and oxygen atoms in total. The number of carbonyl (C=O) groups is 1. The number of fused-ring (bicyclic) bond motifs is 1. The molecule has 1 N–H and O–H groups in total. The summed E-state index contributed by atoms with van der Waals surface area (Å²) in [5, 5.41) is 2.85. The normalized spacial score (nSPS) is 15.9. The molecule has 0 unspecified atom stereocenters. The summed E-state index contributed by atoms with van der Waals surface area (Å²) in [6, 6.07) is 3.95. The summed E-state index contributed by atoms with van der Waals surface area (Å²) >= 11 is 1.70. The highest BCUT2D eigenvalue weighted by molar-refractivity contribution is 7.13. The lowest BCUT2D eigenvalue weighted by atomic mass is 10.1. The molecule has 1 amide bonds. The molecule has 3 rings (SSSR count). The second-order valence-electron chi connectivity index (χ2n) is 4.34. The van der Waals surface area contributed by atoms with E-state index in [0.29, 0.717) is 5.57 Å². The number of pyridine rings is 1. The van der Waals surface area contributed by atoms with E-state index in [9.17, 15) is 4.79 Å². The molecule has 18 heavy (non-hydrogen) atoms. The second-order valence-corrected chi connectivity index (χ2v) is 5.63. The fraction of sp³-hybridized carbons (Fsp3) is 0.143. The summed E-state index contributed by atoms with van der Waals surface area (Å²) in [5.74, 6) is -0.0524. The first-order valence-corrected chi connectivity index (χ1v) is 6.51. The van der Waals surface area contributed by atoms with E-state index >= 15 is 0 Å². The number of rotatable bonds is 1. The van der Waals surface area contributed by atoms with E-state index in [-0.39, 0.29) is 5.91 Å². The molecular formula is C14H12N2OS. The van der Waals surface area contributed by atoms with Gasteiger partial charge in [0.05, 0.1) is 11.3 Å². The Morgan fingerprint density at radius 1 is 1.39 bits per heavy atom. The molecule has 0 atom stereocenters. The monoisotopic (exact) mass is 256 g/mol. The number of aryl methyl sites for hydroxylation is 2. The molecule has 1 aliphatic heterocycles. The minimum atomic E-state index is -0.0524. The molecule has 2 aromatic rings. The lowest BCUT2D eigenvalue weighted by Crippen LogP contribution is -2.03. The van der Waals surface area contributed by atoms with Crippen molar-refractivity contribution in [2.75, 3.05) is 5.32 Å². The van der Waals surface area contributed by atoms with Crippen LogP contribution in [0.25, 0.3) is 11.6 Å². The standard InChI is InChI=1S/C14H12N2OS/c1-8-5-9(2)18-13(8)6-10-11-7-15-4-3-12(11)16-14(10)17/h3-7H,1-2H3,(H,16,17). The zero-order valence-electron chi connectivity index (χ0n) is 10.2. The predicted molar refractivity (Wildman–Crippen MR) is 74.5 cm³/mol. The number of carbonyl (C=O) groups excluding carboxylic acids is 1. The predicted octanol–water partition coefficient (Wildman–Crippen LogP) is 3.25. The highest BCUT2D eigenvalue weighted by atomic mass is 32.1. The molecule has 0 saturated heterocycles. The third kappa shape index (κ3) is 1.75. The van der Waals surface area contributed by atoms with Crippen molar-refractivity contribution < 1.29 is 4.79 Å². The molecule has 0 saturated carbocycles. The topological polar surface area (TPSA) is 42.0 Å². The summed E-state index contributed by atoms with van der Waals surface area (Å²) < 4.78 is 0. The summed E-state index contributed by atoms with van der Waals surface area (Å²) in [6.07, 6.45) is 5.37. The number of nitrogens with zero attached hydrogens (tertiary/aromatic N) is 1. The maximum atomic E-state index is 12.0. The van der Waals surface area contributed by atoms with E-state index < -0.39 is 0 Å². The Morgan fingerprint density at radius 3 is 2.94 bits per heavy atom. The van der Waals surface area contributed by atoms with Crippen LogP contribution in [0.5, 0.6) is 0 Å². The highest BCUT2D eigenvalue weighted by Crippen LogP contribution is 2.34. The van der Waals surface area contributed by atoms with Gasteiger partial charge in [-0.1, -0.05) is 0 Å². The smallest absolute Gasteiger partial charge is 0.256 e. The Kier molecular flexibility index (Phi) is 2.52. The van der Waals surface area contributed by atoms with Crippen LogP contribution in [0.3, 0.4) is 0 Å². The molecule has 2 aromatic heterocycles. The van der Waals surface area contributed by atoms with Crippen molar-refractivity contribution in [2.24, 2.45) is 0 Å². The van der Waals surface area contributed by atoms with E-state index in [1.54, 1.807) is 23.7 Å². The number of amides is 1. The first kappa shape index (κ1) is 11.2. The first-order chi connectivity index (χ1) is 8.65. The fourth-order valence-electron chi connectivity index (χ4n) is 2.11. The van der Waals surface area contributed by atoms with E-state index in [0.717, 1.165) is 16.1 Å². The molecule has 3 heterocycles. The molecule has 1 aliphatic rings. The number of aromatic nitrogens is 1. The highest BCUT2D eigenvalue weighted by Gasteiger charge is 2.24. The van der Waals surface area contributed by atoms with Crippen molar-refractivity contribution in [3.05, 3.63) is 45.4 Å². The summed E-state index contributed by atoms with van der Waals surface area (Å²) in [6.45, 7) is 4.14. The zero-order chi connectivity index (χ0) is 12.7. The average molecular weight is 256 g/mol. The Morgan fingerprint density at radius 2 is 2.22 bits per heavy atom. The zero-order valence-corrected chi connectivity index (χ0v) is 11.0. The van der Waals surface area contributed by atoms with Crippen LogP contribution in [-0.4, -0.2) is 10.9 Å². The van der Waals surface area contributed by atoms with Gasteiger partial charge >= 0.3 is 0 Å². The molecular weight excluding hydrogens is 244 g/mol. The van der Waals surface area contributed by atoms with Gasteiger partial charge in [0.1, 0.15) is 0 Å². The third-order valence-corrected chi connectivity index (χ3v) is 4.06. The minimum Gasteiger partial charge on any atom is -0.321 e. The van der Waals surface area contributed by atoms with Crippen molar-refractivity contribution in [1.29, 1.82) is 0 Å². The Bertz CT molecular complexity index is 670. The van der Waals surface area contributed by atoms with Crippen LogP contribution in [0, 0.1) is 13.8 Å². The van der Waals surface area contributed by atoms with Gasteiger partial charge in [-0.05, 0) is 37.6 Å². The third-order valence-electron chi connectivity index (χ3n) is 2.96. The Balaban J connectivity index is 2.12. The van der Waals surface area contributed by atoms with Crippen molar-refractivity contribution in [3.63, 3.8) is 0 Å². The van der Waals surface area contributed by atoms with E-state index in [2.05, 4.69) is 30.2 Å². The Hall–Kier alpha value is -1.94. The second kappa shape index (κ2) is 4.07. The van der Waals surface area contributed by atoms with Gasteiger partial charge in [0.15, 0.2) is 0 Å². The van der Waals surface area contributed by atoms with E-state index in [4.69, 9.17) is 0 Å². The number of thiophene rings is 1. The molecule has 4 heteroatoms. The van der Waals surface area contributed by atoms with Crippen LogP contribution >= 0.6 is 11.3 Å². The van der Waals surface area contributed by atoms with Crippen LogP contribution < -0.4 is 5.32 Å². The quantitative estimate of drug-likeness (QED) is 0.796. The van der Waals surface area contributed by atoms with Crippen LogP contribution in [-0.2, 0) is 4.79 Å². The van der Waals surface area contributed by atoms with Crippen molar-refractivity contribution in [1.82, 2.24) is 4.98 Å². The number of anilines is 1. The van der Waals surface area contributed by atoms with Crippen molar-refractivity contribution >= 4 is 34.6 Å². The van der Waals surface area contributed by atoms with Gasteiger partial charge < -0.3 is 5.32 Å². The van der Waals surface area contributed by atoms with Gasteiger partial charge in [-0.25, -0.2) is 0 Å². The Labute approximate surface area is 109 Å². The average Bonchev–Trinajstić information content (AvgIpc) is 2.81. The molecule has 0 aromatic carbocycles. The maximum Gasteiger partial charge on any atom is 0.256 e. The summed E-state index contributed by atoms with van der Waals surface area (Å²) in [5.41, 5.74) is 3.62. The van der Waals surface area contributed by atoms with Gasteiger partial charge in [-0.3, -0.25) is 9.78 Å². The van der Waals surface area contributed by atoms with Crippen molar-refractivity contribution in [3.8, 4) is 0 Å². The van der Waals surface area contributed by atoms with Crippen molar-refractivity contribution in [2.45, 2.75) is 13.8 Å². The van der Waals surface area contributed by atoms with E-state index in [1.165, 1.54) is 10.4 Å². The van der Waals surface area contributed by atoms with Gasteiger partial charge in [-0.2, -0.15) is 0 Å². The SMILES string of the molecule is Cc1cc(C)c(C=C2C(=O)Nc3ccncc32)s1. The number of nitrogens with one attached hydrogen (secondary N) is 1. The lowest BCUT2D eigenvalue weighted by molar-refractivity contribution is -0.110. The van der Waals surface area contributed by atoms with Crippen LogP contribution in [0.2, 0.25) is 0 Å². The first-order valence-electron chi connectivity index (χ1n) is 5.69. The van der Waals surface area contributed by atoms with Gasteiger partial charge in [-0.15, -0.1) is 11.3 Å². The van der Waals surface area contributed by atoms with E-state index in [1.807, 2.05) is 12.1 Å². The molecule has 0 aliphatic carbocycles. The maximum absolute atomic E-state index is 12.0. The molecule has 90 valence electrons. The molecule has 0 radical (unpaired) electrons. The number of hydrogen-bond acceptors (Lipinski definition) is 3. The lowest BCUT2D eigenvalue weighted by Gasteiger charge is -1.96. The van der Waals surface area contributed by atoms with Crippen LogP contribution in [0.1, 0.15) is 20.9 Å². The van der Waals surface area contributed by atoms with Crippen LogP contribution in [0.4, 0.5) is 5.69 Å². The number of hydrogen-bond donors (Lipinski definition) is 1. The molecule has 0 bridgehead atoms. The fourth-order valence-corrected chi connectivity index (χ4v) is 3.09. The summed E-state index contributed by atoms with van der Waals surface area (Å²) in [4.78, 5) is 18.4. The summed E-state index contributed by atoms with van der Waals surface area (Å²) in [7, 11) is 0. The molecule has 0 spiro atoms. The van der Waals surface area contributed by atoms with Gasteiger partial charge in [0.25, 0.3) is 5.91 Å². The minimum absolute atomic E-state index is 0.0524. The van der Waals surface area contributed by atoms with Crippen LogP contribution in [0.15, 0.2) is 24.5 Å². The largest absolute Gasteiger partial charge is 0.321 e.